The molecule has 1 N–H and O–H groups in total. The molecule has 19 heavy (non-hydrogen) atoms. The molecule has 3 heteroatoms. The summed E-state index contributed by atoms with van der Waals surface area (Å²) in [4.78, 5) is 0. The second kappa shape index (κ2) is 7.86. The van der Waals surface area contributed by atoms with Crippen LogP contribution < -0.4 is 5.32 Å². The Labute approximate surface area is 121 Å². The van der Waals surface area contributed by atoms with Gasteiger partial charge in [0.1, 0.15) is 5.82 Å². The van der Waals surface area contributed by atoms with Crippen LogP contribution in [0.15, 0.2) is 18.2 Å². The molecule has 0 aromatic heterocycles. The van der Waals surface area contributed by atoms with Crippen LogP contribution in [0.1, 0.15) is 52.0 Å². The lowest BCUT2D eigenvalue weighted by Crippen LogP contribution is -2.30. The fraction of sp³-hybridized carbons (Fsp3) is 0.625. The van der Waals surface area contributed by atoms with E-state index in [9.17, 15) is 4.39 Å². The lowest BCUT2D eigenvalue weighted by atomic mass is 9.84. The second-order valence-corrected chi connectivity index (χ2v) is 6.01. The number of halogens is 2. The molecule has 0 spiro atoms. The summed E-state index contributed by atoms with van der Waals surface area (Å²) >= 11 is 6.22. The molecule has 0 amide bonds. The molecular weight excluding hydrogens is 261 g/mol. The highest BCUT2D eigenvalue weighted by molar-refractivity contribution is 6.31. The molecule has 1 rings (SSSR count). The third-order valence-electron chi connectivity index (χ3n) is 3.54. The van der Waals surface area contributed by atoms with Crippen LogP contribution in [0.2, 0.25) is 5.02 Å². The van der Waals surface area contributed by atoms with E-state index < -0.39 is 0 Å². The van der Waals surface area contributed by atoms with E-state index in [1.165, 1.54) is 12.1 Å². The van der Waals surface area contributed by atoms with Gasteiger partial charge in [-0.15, -0.1) is 0 Å². The van der Waals surface area contributed by atoms with Gasteiger partial charge in [0.2, 0.25) is 0 Å². The molecule has 108 valence electrons. The van der Waals surface area contributed by atoms with Crippen LogP contribution in [0.25, 0.3) is 0 Å². The van der Waals surface area contributed by atoms with Gasteiger partial charge in [0.05, 0.1) is 0 Å². The van der Waals surface area contributed by atoms with E-state index >= 15 is 0 Å². The van der Waals surface area contributed by atoms with Crippen molar-refractivity contribution in [2.24, 2.45) is 5.92 Å². The Morgan fingerprint density at radius 2 is 1.95 bits per heavy atom. The van der Waals surface area contributed by atoms with E-state index in [2.05, 4.69) is 33.0 Å². The molecule has 2 unspecified atom stereocenters. The van der Waals surface area contributed by atoms with Crippen molar-refractivity contribution in [1.29, 1.82) is 0 Å². The van der Waals surface area contributed by atoms with Gasteiger partial charge >= 0.3 is 0 Å². The van der Waals surface area contributed by atoms with Crippen LogP contribution in [0.5, 0.6) is 0 Å². The number of hydrogen-bond donors (Lipinski definition) is 1. The summed E-state index contributed by atoms with van der Waals surface area (Å²) < 4.78 is 13.2. The quantitative estimate of drug-likeness (QED) is 0.743. The normalized spacial score (nSPS) is 14.7. The molecule has 0 aliphatic carbocycles. The van der Waals surface area contributed by atoms with Crippen molar-refractivity contribution in [3.05, 3.63) is 34.6 Å². The smallest absolute Gasteiger partial charge is 0.124 e. The van der Waals surface area contributed by atoms with Gasteiger partial charge < -0.3 is 5.32 Å². The fourth-order valence-electron chi connectivity index (χ4n) is 2.44. The molecule has 0 radical (unpaired) electrons. The first-order valence-electron chi connectivity index (χ1n) is 7.14. The zero-order valence-electron chi connectivity index (χ0n) is 12.3. The highest BCUT2D eigenvalue weighted by Gasteiger charge is 2.21. The van der Waals surface area contributed by atoms with Crippen LogP contribution in [0.3, 0.4) is 0 Å². The van der Waals surface area contributed by atoms with Crippen LogP contribution in [-0.2, 0) is 0 Å². The maximum atomic E-state index is 13.2. The number of rotatable bonds is 7. The van der Waals surface area contributed by atoms with Crippen molar-refractivity contribution in [3.8, 4) is 0 Å². The third-order valence-corrected chi connectivity index (χ3v) is 3.87. The predicted molar refractivity (Wildman–Crippen MR) is 81.4 cm³/mol. The summed E-state index contributed by atoms with van der Waals surface area (Å²) in [6.07, 6.45) is 2.30. The summed E-state index contributed by atoms with van der Waals surface area (Å²) in [6.45, 7) is 9.58. The fourth-order valence-corrected chi connectivity index (χ4v) is 2.75. The largest absolute Gasteiger partial charge is 0.314 e. The van der Waals surface area contributed by atoms with Gasteiger partial charge in [-0.25, -0.2) is 4.39 Å². The lowest BCUT2D eigenvalue weighted by Gasteiger charge is -2.26. The maximum Gasteiger partial charge on any atom is 0.124 e. The van der Waals surface area contributed by atoms with Crippen molar-refractivity contribution >= 4 is 11.6 Å². The minimum Gasteiger partial charge on any atom is -0.314 e. The number of benzene rings is 1. The molecule has 0 heterocycles. The molecule has 0 fully saturated rings. The highest BCUT2D eigenvalue weighted by Crippen LogP contribution is 2.32. The van der Waals surface area contributed by atoms with Crippen molar-refractivity contribution in [2.75, 3.05) is 6.54 Å². The standard InChI is InChI=1S/C16H25ClFN/c1-5-6-12(4)15(10-19-11(2)3)14-8-7-13(18)9-16(14)17/h7-9,11-12,15,19H,5-6,10H2,1-4H3. The minimum absolute atomic E-state index is 0.271. The molecule has 2 atom stereocenters. The Morgan fingerprint density at radius 1 is 1.26 bits per heavy atom. The molecule has 1 aromatic carbocycles. The van der Waals surface area contributed by atoms with E-state index in [1.807, 2.05) is 6.07 Å². The summed E-state index contributed by atoms with van der Waals surface area (Å²) in [5, 5.41) is 4.01. The lowest BCUT2D eigenvalue weighted by molar-refractivity contribution is 0.392. The van der Waals surface area contributed by atoms with Gasteiger partial charge in [-0.2, -0.15) is 0 Å². The number of hydrogen-bond acceptors (Lipinski definition) is 1. The van der Waals surface area contributed by atoms with Crippen molar-refractivity contribution in [2.45, 2.75) is 52.5 Å². The van der Waals surface area contributed by atoms with Gasteiger partial charge in [-0.3, -0.25) is 0 Å². The van der Waals surface area contributed by atoms with Crippen molar-refractivity contribution in [1.82, 2.24) is 5.32 Å². The van der Waals surface area contributed by atoms with Gasteiger partial charge in [-0.05, 0) is 23.6 Å². The average molecular weight is 286 g/mol. The monoisotopic (exact) mass is 285 g/mol. The first-order valence-corrected chi connectivity index (χ1v) is 7.51. The zero-order valence-corrected chi connectivity index (χ0v) is 13.1. The molecule has 0 saturated heterocycles. The van der Waals surface area contributed by atoms with E-state index in [0.29, 0.717) is 22.9 Å². The molecule has 1 aromatic rings. The predicted octanol–water partition coefficient (Wildman–Crippen LogP) is 5.00. The van der Waals surface area contributed by atoms with E-state index in [0.717, 1.165) is 24.9 Å². The molecule has 0 aliphatic rings. The first-order chi connectivity index (χ1) is 8.95. The van der Waals surface area contributed by atoms with Crippen LogP contribution in [0, 0.1) is 11.7 Å². The summed E-state index contributed by atoms with van der Waals surface area (Å²) in [6, 6.07) is 5.19. The van der Waals surface area contributed by atoms with Crippen LogP contribution >= 0.6 is 11.6 Å². The van der Waals surface area contributed by atoms with Gasteiger partial charge in [0, 0.05) is 23.5 Å². The van der Waals surface area contributed by atoms with Crippen LogP contribution in [0.4, 0.5) is 4.39 Å². The Bertz CT molecular complexity index is 392. The third kappa shape index (κ3) is 5.12. The number of nitrogens with one attached hydrogen (secondary N) is 1. The van der Waals surface area contributed by atoms with Gasteiger partial charge in [-0.1, -0.05) is 58.2 Å². The zero-order chi connectivity index (χ0) is 14.4. The molecule has 0 saturated carbocycles. The Balaban J connectivity index is 2.93. The van der Waals surface area contributed by atoms with E-state index in [-0.39, 0.29) is 5.82 Å². The van der Waals surface area contributed by atoms with Crippen LogP contribution in [-0.4, -0.2) is 12.6 Å². The summed E-state index contributed by atoms with van der Waals surface area (Å²) in [5.41, 5.74) is 1.05. The topological polar surface area (TPSA) is 12.0 Å². The Kier molecular flexibility index (Phi) is 6.81. The first kappa shape index (κ1) is 16.5. The average Bonchev–Trinajstić information content (AvgIpc) is 2.31. The van der Waals surface area contributed by atoms with E-state index in [4.69, 9.17) is 11.6 Å². The minimum atomic E-state index is -0.271. The van der Waals surface area contributed by atoms with Crippen molar-refractivity contribution < 1.29 is 4.39 Å². The second-order valence-electron chi connectivity index (χ2n) is 5.60. The Morgan fingerprint density at radius 3 is 2.47 bits per heavy atom. The highest BCUT2D eigenvalue weighted by atomic mass is 35.5. The Hall–Kier alpha value is -0.600. The molecule has 1 nitrogen and oxygen atoms in total. The van der Waals surface area contributed by atoms with Gasteiger partial charge in [0.25, 0.3) is 0 Å². The SMILES string of the molecule is CCCC(C)C(CNC(C)C)c1ccc(F)cc1Cl. The van der Waals surface area contributed by atoms with Gasteiger partial charge in [0.15, 0.2) is 0 Å². The molecule has 0 bridgehead atoms. The maximum absolute atomic E-state index is 13.2. The van der Waals surface area contributed by atoms with E-state index in [1.54, 1.807) is 0 Å². The molecule has 0 aliphatic heterocycles. The van der Waals surface area contributed by atoms with Crippen molar-refractivity contribution in [3.63, 3.8) is 0 Å². The summed E-state index contributed by atoms with van der Waals surface area (Å²) in [5.74, 6) is 0.585. The summed E-state index contributed by atoms with van der Waals surface area (Å²) in [7, 11) is 0. The molecular formula is C16H25ClFN.